The average molecular weight is 400 g/mol. The molecule has 2 saturated carbocycles. The van der Waals surface area contributed by atoms with Gasteiger partial charge >= 0.3 is 0 Å². The SMILES string of the molecule is O=c1[nH]c(C(=CC2CCCC2)c2ccc(S(=O)(=O)C3CC3)cc2)ccc1CO. The van der Waals surface area contributed by atoms with Crippen molar-refractivity contribution < 1.29 is 13.5 Å². The topological polar surface area (TPSA) is 87.2 Å². The Bertz CT molecular complexity index is 1040. The van der Waals surface area contributed by atoms with Gasteiger partial charge in [-0.1, -0.05) is 31.1 Å². The van der Waals surface area contributed by atoms with Crippen LogP contribution in [0.15, 0.2) is 52.2 Å². The molecule has 0 bridgehead atoms. The molecule has 1 aromatic carbocycles. The van der Waals surface area contributed by atoms with Crippen molar-refractivity contribution in [2.24, 2.45) is 5.92 Å². The van der Waals surface area contributed by atoms with Crippen LogP contribution in [0.25, 0.3) is 5.57 Å². The molecule has 0 atom stereocenters. The summed E-state index contributed by atoms with van der Waals surface area (Å²) in [5, 5.41) is 9.03. The van der Waals surface area contributed by atoms with E-state index in [9.17, 15) is 18.3 Å². The lowest BCUT2D eigenvalue weighted by atomic mass is 9.96. The fourth-order valence-electron chi connectivity index (χ4n) is 3.88. The van der Waals surface area contributed by atoms with Gasteiger partial charge in [0.25, 0.3) is 5.56 Å². The van der Waals surface area contributed by atoms with Crippen molar-refractivity contribution in [1.82, 2.24) is 4.98 Å². The predicted octanol–water partition coefficient (Wildman–Crippen LogP) is 3.43. The van der Waals surface area contributed by atoms with Crippen LogP contribution in [-0.2, 0) is 16.4 Å². The average Bonchev–Trinajstić information content (AvgIpc) is 3.44. The first-order valence-corrected chi connectivity index (χ1v) is 11.4. The molecule has 148 valence electrons. The Morgan fingerprint density at radius 2 is 1.71 bits per heavy atom. The van der Waals surface area contributed by atoms with Crippen molar-refractivity contribution in [3.8, 4) is 0 Å². The van der Waals surface area contributed by atoms with E-state index in [1.807, 2.05) is 18.2 Å². The number of H-pyrrole nitrogens is 1. The molecule has 6 heteroatoms. The Morgan fingerprint density at radius 3 is 2.29 bits per heavy atom. The first kappa shape index (κ1) is 19.2. The Labute approximate surface area is 165 Å². The number of aliphatic hydroxyl groups excluding tert-OH is 1. The molecule has 2 fully saturated rings. The van der Waals surface area contributed by atoms with Crippen molar-refractivity contribution >= 4 is 15.4 Å². The molecule has 0 saturated heterocycles. The van der Waals surface area contributed by atoms with E-state index in [-0.39, 0.29) is 17.4 Å². The van der Waals surface area contributed by atoms with E-state index in [1.165, 1.54) is 12.8 Å². The highest BCUT2D eigenvalue weighted by atomic mass is 32.2. The quantitative estimate of drug-likeness (QED) is 0.779. The lowest BCUT2D eigenvalue weighted by molar-refractivity contribution is 0.280. The molecule has 2 aliphatic rings. The van der Waals surface area contributed by atoms with Gasteiger partial charge < -0.3 is 10.1 Å². The van der Waals surface area contributed by atoms with Crippen LogP contribution in [0.2, 0.25) is 0 Å². The minimum atomic E-state index is -3.22. The van der Waals surface area contributed by atoms with Crippen molar-refractivity contribution in [3.05, 3.63) is 69.6 Å². The number of sulfone groups is 1. The Morgan fingerprint density at radius 1 is 1.04 bits per heavy atom. The van der Waals surface area contributed by atoms with Crippen LogP contribution in [0, 0.1) is 5.92 Å². The summed E-state index contributed by atoms with van der Waals surface area (Å²) in [6.07, 6.45) is 8.33. The molecule has 0 radical (unpaired) electrons. The summed E-state index contributed by atoms with van der Waals surface area (Å²) in [6, 6.07) is 10.4. The van der Waals surface area contributed by atoms with Crippen molar-refractivity contribution in [2.75, 3.05) is 0 Å². The summed E-state index contributed by atoms with van der Waals surface area (Å²) in [5.41, 5.74) is 2.50. The van der Waals surface area contributed by atoms with E-state index in [0.717, 1.165) is 36.8 Å². The van der Waals surface area contributed by atoms with Gasteiger partial charge in [-0.25, -0.2) is 8.42 Å². The zero-order chi connectivity index (χ0) is 19.7. The molecule has 0 spiro atoms. The molecule has 28 heavy (non-hydrogen) atoms. The lowest BCUT2D eigenvalue weighted by Gasteiger charge is -2.13. The third-order valence-corrected chi connectivity index (χ3v) is 7.99. The van der Waals surface area contributed by atoms with Gasteiger partial charge in [0.2, 0.25) is 0 Å². The van der Waals surface area contributed by atoms with Gasteiger partial charge in [-0.3, -0.25) is 4.79 Å². The number of nitrogens with one attached hydrogen (secondary N) is 1. The van der Waals surface area contributed by atoms with Crippen LogP contribution in [0.3, 0.4) is 0 Å². The second-order valence-corrected chi connectivity index (χ2v) is 10.0. The largest absolute Gasteiger partial charge is 0.391 e. The monoisotopic (exact) mass is 399 g/mol. The van der Waals surface area contributed by atoms with Gasteiger partial charge in [0.1, 0.15) is 0 Å². The van der Waals surface area contributed by atoms with E-state index < -0.39 is 9.84 Å². The molecule has 2 aliphatic carbocycles. The van der Waals surface area contributed by atoms with Crippen LogP contribution in [-0.4, -0.2) is 23.8 Å². The van der Waals surface area contributed by atoms with Gasteiger partial charge in [0.05, 0.1) is 16.8 Å². The summed E-state index contributed by atoms with van der Waals surface area (Å²) in [6.45, 7) is -0.301. The Balaban J connectivity index is 1.73. The first-order chi connectivity index (χ1) is 13.5. The lowest BCUT2D eigenvalue weighted by Crippen LogP contribution is -2.14. The maximum Gasteiger partial charge on any atom is 0.253 e. The molecule has 2 aromatic rings. The maximum atomic E-state index is 12.5. The fourth-order valence-corrected chi connectivity index (χ4v) is 5.54. The maximum absolute atomic E-state index is 12.5. The summed E-state index contributed by atoms with van der Waals surface area (Å²) in [4.78, 5) is 15.4. The molecular formula is C22H25NO4S. The predicted molar refractivity (Wildman–Crippen MR) is 109 cm³/mol. The summed E-state index contributed by atoms with van der Waals surface area (Å²) >= 11 is 0. The van der Waals surface area contributed by atoms with E-state index in [4.69, 9.17) is 0 Å². The number of rotatable bonds is 6. The molecule has 4 rings (SSSR count). The van der Waals surface area contributed by atoms with Gasteiger partial charge in [0.15, 0.2) is 9.84 Å². The highest BCUT2D eigenvalue weighted by Gasteiger charge is 2.36. The van der Waals surface area contributed by atoms with Crippen LogP contribution in [0.4, 0.5) is 0 Å². The standard InChI is InChI=1S/C22H25NO4S/c24-14-17-7-12-21(23-22(17)25)20(13-15-3-1-2-4-15)16-5-8-18(9-6-16)28(26,27)19-10-11-19/h5-9,12-13,15,19,24H,1-4,10-11,14H2,(H,23,25). The molecular weight excluding hydrogens is 374 g/mol. The highest BCUT2D eigenvalue weighted by Crippen LogP contribution is 2.35. The molecule has 0 unspecified atom stereocenters. The summed E-state index contributed by atoms with van der Waals surface area (Å²) in [5.74, 6) is 0.450. The van der Waals surface area contributed by atoms with Crippen LogP contribution >= 0.6 is 0 Å². The molecule has 0 aliphatic heterocycles. The van der Waals surface area contributed by atoms with E-state index >= 15 is 0 Å². The molecule has 0 amide bonds. The van der Waals surface area contributed by atoms with Crippen molar-refractivity contribution in [1.29, 1.82) is 0 Å². The fraction of sp³-hybridized carbons (Fsp3) is 0.409. The van der Waals surface area contributed by atoms with Crippen LogP contribution in [0.5, 0.6) is 0 Å². The molecule has 2 N–H and O–H groups in total. The van der Waals surface area contributed by atoms with Crippen LogP contribution < -0.4 is 5.56 Å². The van der Waals surface area contributed by atoms with Gasteiger partial charge in [0, 0.05) is 16.8 Å². The third-order valence-electron chi connectivity index (χ3n) is 5.71. The molecule has 5 nitrogen and oxygen atoms in total. The second-order valence-electron chi connectivity index (χ2n) is 7.78. The van der Waals surface area contributed by atoms with E-state index in [2.05, 4.69) is 11.1 Å². The van der Waals surface area contributed by atoms with E-state index in [0.29, 0.717) is 22.1 Å². The Kier molecular flexibility index (Phi) is 5.25. The van der Waals surface area contributed by atoms with E-state index in [1.54, 1.807) is 18.2 Å². The number of aromatic nitrogens is 1. The zero-order valence-electron chi connectivity index (χ0n) is 15.7. The van der Waals surface area contributed by atoms with Crippen molar-refractivity contribution in [3.63, 3.8) is 0 Å². The number of allylic oxidation sites excluding steroid dienone is 1. The number of pyridine rings is 1. The summed E-state index contributed by atoms with van der Waals surface area (Å²) < 4.78 is 24.9. The number of benzene rings is 1. The normalized spacial score (nSPS) is 18.5. The molecule has 1 heterocycles. The van der Waals surface area contributed by atoms with Crippen LogP contribution in [0.1, 0.15) is 55.3 Å². The number of aliphatic hydroxyl groups is 1. The number of aromatic amines is 1. The minimum Gasteiger partial charge on any atom is -0.391 e. The Hall–Kier alpha value is -2.18. The van der Waals surface area contributed by atoms with Crippen molar-refractivity contribution in [2.45, 2.75) is 55.3 Å². The highest BCUT2D eigenvalue weighted by molar-refractivity contribution is 7.92. The van der Waals surface area contributed by atoms with Gasteiger partial charge in [-0.05, 0) is 61.4 Å². The zero-order valence-corrected chi connectivity index (χ0v) is 16.5. The second kappa shape index (κ2) is 7.68. The smallest absolute Gasteiger partial charge is 0.253 e. The third kappa shape index (κ3) is 3.84. The molecule has 1 aromatic heterocycles. The van der Waals surface area contributed by atoms with Gasteiger partial charge in [-0.2, -0.15) is 0 Å². The van der Waals surface area contributed by atoms with Gasteiger partial charge in [-0.15, -0.1) is 0 Å². The first-order valence-electron chi connectivity index (χ1n) is 9.88. The summed E-state index contributed by atoms with van der Waals surface area (Å²) in [7, 11) is -3.22. The minimum absolute atomic E-state index is 0.228. The number of hydrogen-bond acceptors (Lipinski definition) is 4. The number of hydrogen-bond donors (Lipinski definition) is 2.